The molecule has 1 aliphatic heterocycles. The molecule has 2 unspecified atom stereocenters. The van der Waals surface area contributed by atoms with Crippen LogP contribution in [-0.2, 0) is 14.3 Å². The molecule has 27 heavy (non-hydrogen) atoms. The maximum Gasteiger partial charge on any atom is 0.407 e. The first kappa shape index (κ1) is 17.5. The van der Waals surface area contributed by atoms with E-state index >= 15 is 0 Å². The highest BCUT2D eigenvalue weighted by atomic mass is 16.5. The molecule has 1 heterocycles. The maximum atomic E-state index is 12.3. The number of rotatable bonds is 5. The molecule has 0 spiro atoms. The second-order valence-corrected chi connectivity index (χ2v) is 6.97. The minimum absolute atomic E-state index is 0.00204. The number of ether oxygens (including phenoxy) is 2. The molecule has 1 fully saturated rings. The van der Waals surface area contributed by atoms with Gasteiger partial charge in [-0.15, -0.1) is 0 Å². The molecule has 2 aromatic rings. The van der Waals surface area contributed by atoms with Gasteiger partial charge in [0.1, 0.15) is 6.61 Å². The van der Waals surface area contributed by atoms with Crippen molar-refractivity contribution in [1.29, 1.82) is 0 Å². The largest absolute Gasteiger partial charge is 0.481 e. The van der Waals surface area contributed by atoms with Gasteiger partial charge in [-0.05, 0) is 22.3 Å². The molecule has 6 nitrogen and oxygen atoms in total. The summed E-state index contributed by atoms with van der Waals surface area (Å²) in [5.41, 5.74) is 4.65. The van der Waals surface area contributed by atoms with Crippen molar-refractivity contribution in [3.63, 3.8) is 0 Å². The number of fused-ring (bicyclic) bond motifs is 3. The number of carbonyl (C=O) groups is 2. The second kappa shape index (κ2) is 7.40. The number of carboxylic acid groups (broad SMARTS) is 1. The lowest BCUT2D eigenvalue weighted by Crippen LogP contribution is -2.41. The molecular weight excluding hydrogens is 346 g/mol. The van der Waals surface area contributed by atoms with E-state index in [4.69, 9.17) is 14.6 Å². The number of nitrogens with one attached hydrogen (secondary N) is 1. The van der Waals surface area contributed by atoms with Gasteiger partial charge in [0.05, 0.1) is 25.7 Å². The zero-order valence-corrected chi connectivity index (χ0v) is 14.8. The number of hydrogen-bond donors (Lipinski definition) is 2. The van der Waals surface area contributed by atoms with E-state index in [1.54, 1.807) is 0 Å². The lowest BCUT2D eigenvalue weighted by Gasteiger charge is -2.19. The van der Waals surface area contributed by atoms with Crippen molar-refractivity contribution < 1.29 is 24.2 Å². The summed E-state index contributed by atoms with van der Waals surface area (Å²) in [6.45, 7) is 0.875. The van der Waals surface area contributed by atoms with Crippen LogP contribution in [0.1, 0.15) is 23.5 Å². The summed E-state index contributed by atoms with van der Waals surface area (Å²) in [7, 11) is 0. The number of aliphatic carboxylic acids is 1. The quantitative estimate of drug-likeness (QED) is 0.849. The maximum absolute atomic E-state index is 12.3. The SMILES string of the molecule is O=C(O)CC1COCC1NC(=O)OCC1c2ccccc2-c2ccccc21. The number of hydrogen-bond acceptors (Lipinski definition) is 4. The molecule has 4 rings (SSSR count). The molecular formula is C21H21NO5. The fraction of sp³-hybridized carbons (Fsp3) is 0.333. The van der Waals surface area contributed by atoms with Crippen LogP contribution in [0.15, 0.2) is 48.5 Å². The third-order valence-corrected chi connectivity index (χ3v) is 5.28. The molecule has 2 aliphatic rings. The van der Waals surface area contributed by atoms with Gasteiger partial charge in [-0.2, -0.15) is 0 Å². The molecule has 0 aromatic heterocycles. The lowest BCUT2D eigenvalue weighted by atomic mass is 9.98. The Balaban J connectivity index is 1.42. The molecule has 2 aromatic carbocycles. The van der Waals surface area contributed by atoms with Crippen molar-refractivity contribution in [3.05, 3.63) is 59.7 Å². The van der Waals surface area contributed by atoms with E-state index in [1.165, 1.54) is 11.1 Å². The second-order valence-electron chi connectivity index (χ2n) is 6.97. The number of benzene rings is 2. The Hall–Kier alpha value is -2.86. The molecule has 1 aliphatic carbocycles. The number of amides is 1. The van der Waals surface area contributed by atoms with Crippen molar-refractivity contribution in [2.75, 3.05) is 19.8 Å². The Morgan fingerprint density at radius 3 is 2.30 bits per heavy atom. The molecule has 0 radical (unpaired) electrons. The van der Waals surface area contributed by atoms with Crippen LogP contribution < -0.4 is 5.32 Å². The highest BCUT2D eigenvalue weighted by Crippen LogP contribution is 2.44. The minimum atomic E-state index is -0.898. The highest BCUT2D eigenvalue weighted by molar-refractivity contribution is 5.79. The van der Waals surface area contributed by atoms with E-state index in [0.29, 0.717) is 13.2 Å². The van der Waals surface area contributed by atoms with Gasteiger partial charge in [0.15, 0.2) is 0 Å². The standard InChI is InChI=1S/C21H21NO5/c23-20(24)9-13-10-26-12-19(13)22-21(25)27-11-18-16-7-3-1-5-14(16)15-6-2-4-8-17(15)18/h1-8,13,18-19H,9-12H2,(H,22,25)(H,23,24). The summed E-state index contributed by atoms with van der Waals surface area (Å²) in [4.78, 5) is 23.2. The van der Waals surface area contributed by atoms with Crippen LogP contribution in [0.3, 0.4) is 0 Å². The Morgan fingerprint density at radius 1 is 1.04 bits per heavy atom. The third kappa shape index (κ3) is 3.53. The Kier molecular flexibility index (Phi) is 4.81. The monoisotopic (exact) mass is 367 g/mol. The van der Waals surface area contributed by atoms with Gasteiger partial charge >= 0.3 is 12.1 Å². The fourth-order valence-electron chi connectivity index (χ4n) is 3.98. The summed E-state index contributed by atoms with van der Waals surface area (Å²) in [6, 6.07) is 16.0. The summed E-state index contributed by atoms with van der Waals surface area (Å²) < 4.78 is 10.8. The van der Waals surface area contributed by atoms with Gasteiger partial charge in [-0.3, -0.25) is 4.79 Å². The van der Waals surface area contributed by atoms with Crippen molar-refractivity contribution in [3.8, 4) is 11.1 Å². The van der Waals surface area contributed by atoms with Crippen LogP contribution in [0.5, 0.6) is 0 Å². The average molecular weight is 367 g/mol. The Bertz CT molecular complexity index is 820. The normalized spacial score (nSPS) is 20.7. The van der Waals surface area contributed by atoms with E-state index in [0.717, 1.165) is 11.1 Å². The Labute approximate surface area is 157 Å². The molecule has 0 saturated carbocycles. The van der Waals surface area contributed by atoms with E-state index < -0.39 is 12.1 Å². The average Bonchev–Trinajstić information content (AvgIpc) is 3.22. The molecule has 1 saturated heterocycles. The van der Waals surface area contributed by atoms with Crippen LogP contribution in [0.25, 0.3) is 11.1 Å². The first-order chi connectivity index (χ1) is 13.1. The zero-order valence-electron chi connectivity index (χ0n) is 14.8. The number of alkyl carbamates (subject to hydrolysis) is 1. The van der Waals surface area contributed by atoms with E-state index in [9.17, 15) is 9.59 Å². The lowest BCUT2D eigenvalue weighted by molar-refractivity contribution is -0.138. The molecule has 6 heteroatoms. The van der Waals surface area contributed by atoms with Gasteiger partial charge in [0.2, 0.25) is 0 Å². The minimum Gasteiger partial charge on any atom is -0.481 e. The Morgan fingerprint density at radius 2 is 1.67 bits per heavy atom. The van der Waals surface area contributed by atoms with Gasteiger partial charge in [0, 0.05) is 11.8 Å². The number of carbonyl (C=O) groups excluding carboxylic acids is 1. The highest BCUT2D eigenvalue weighted by Gasteiger charge is 2.33. The van der Waals surface area contributed by atoms with E-state index in [1.807, 2.05) is 24.3 Å². The summed E-state index contributed by atoms with van der Waals surface area (Å²) >= 11 is 0. The summed E-state index contributed by atoms with van der Waals surface area (Å²) in [5, 5.41) is 11.7. The molecule has 1 amide bonds. The molecule has 0 bridgehead atoms. The van der Waals surface area contributed by atoms with Crippen LogP contribution in [0.4, 0.5) is 4.79 Å². The topological polar surface area (TPSA) is 84.9 Å². The third-order valence-electron chi connectivity index (χ3n) is 5.28. The predicted octanol–water partition coefficient (Wildman–Crippen LogP) is 3.01. The molecule has 140 valence electrons. The van der Waals surface area contributed by atoms with Crippen molar-refractivity contribution in [2.45, 2.75) is 18.4 Å². The summed E-state index contributed by atoms with van der Waals surface area (Å²) in [5.74, 6) is -1.13. The predicted molar refractivity (Wildman–Crippen MR) is 98.6 cm³/mol. The van der Waals surface area contributed by atoms with E-state index in [-0.39, 0.29) is 30.9 Å². The molecule has 2 N–H and O–H groups in total. The van der Waals surface area contributed by atoms with Gasteiger partial charge in [-0.25, -0.2) is 4.79 Å². The summed E-state index contributed by atoms with van der Waals surface area (Å²) in [6.07, 6.45) is -0.573. The van der Waals surface area contributed by atoms with Crippen LogP contribution in [-0.4, -0.2) is 43.0 Å². The molecule has 2 atom stereocenters. The van der Waals surface area contributed by atoms with Crippen LogP contribution in [0, 0.1) is 5.92 Å². The van der Waals surface area contributed by atoms with Crippen LogP contribution >= 0.6 is 0 Å². The van der Waals surface area contributed by atoms with Crippen molar-refractivity contribution in [1.82, 2.24) is 5.32 Å². The first-order valence-electron chi connectivity index (χ1n) is 9.04. The van der Waals surface area contributed by atoms with Gasteiger partial charge in [-0.1, -0.05) is 48.5 Å². The van der Waals surface area contributed by atoms with E-state index in [2.05, 4.69) is 29.6 Å². The zero-order chi connectivity index (χ0) is 18.8. The van der Waals surface area contributed by atoms with Gasteiger partial charge < -0.3 is 19.9 Å². The van der Waals surface area contributed by atoms with Crippen molar-refractivity contribution in [2.24, 2.45) is 5.92 Å². The first-order valence-corrected chi connectivity index (χ1v) is 9.04. The smallest absolute Gasteiger partial charge is 0.407 e. The van der Waals surface area contributed by atoms with Crippen molar-refractivity contribution >= 4 is 12.1 Å². The number of carboxylic acids is 1. The van der Waals surface area contributed by atoms with Gasteiger partial charge in [0.25, 0.3) is 0 Å². The fourth-order valence-corrected chi connectivity index (χ4v) is 3.98. The van der Waals surface area contributed by atoms with Crippen LogP contribution in [0.2, 0.25) is 0 Å².